The Morgan fingerprint density at radius 2 is 2.14 bits per heavy atom. The summed E-state index contributed by atoms with van der Waals surface area (Å²) in [7, 11) is 4.23. The number of pyridine rings is 1. The predicted molar refractivity (Wildman–Crippen MR) is 89.8 cm³/mol. The lowest BCUT2D eigenvalue weighted by molar-refractivity contribution is 0.378. The Bertz CT molecular complexity index is 587. The van der Waals surface area contributed by atoms with Crippen molar-refractivity contribution >= 4 is 22.9 Å². The first-order valence-corrected chi connectivity index (χ1v) is 8.92. The molecule has 1 aliphatic rings. The summed E-state index contributed by atoms with van der Waals surface area (Å²) in [6.45, 7) is 1.99. The van der Waals surface area contributed by atoms with Gasteiger partial charge in [-0.05, 0) is 56.5 Å². The van der Waals surface area contributed by atoms with Gasteiger partial charge in [-0.15, -0.1) is 0 Å². The second-order valence-corrected chi connectivity index (χ2v) is 7.31. The summed E-state index contributed by atoms with van der Waals surface area (Å²) in [5.74, 6) is 4.63. The van der Waals surface area contributed by atoms with Crippen LogP contribution < -0.4 is 0 Å². The van der Waals surface area contributed by atoms with Crippen LogP contribution in [0.3, 0.4) is 0 Å². The number of imidazole rings is 1. The molecule has 0 spiro atoms. The van der Waals surface area contributed by atoms with Crippen molar-refractivity contribution < 1.29 is 0 Å². The van der Waals surface area contributed by atoms with E-state index in [-0.39, 0.29) is 0 Å². The van der Waals surface area contributed by atoms with E-state index in [4.69, 9.17) is 4.98 Å². The van der Waals surface area contributed by atoms with E-state index in [1.165, 1.54) is 30.2 Å². The molecule has 0 N–H and O–H groups in total. The lowest BCUT2D eigenvalue weighted by Crippen LogP contribution is -2.21. The zero-order valence-corrected chi connectivity index (χ0v) is 13.8. The second-order valence-electron chi connectivity index (χ2n) is 6.09. The molecule has 3 rings (SSSR count). The van der Waals surface area contributed by atoms with E-state index in [9.17, 15) is 0 Å². The summed E-state index contributed by atoms with van der Waals surface area (Å²) in [4.78, 5) is 11.6. The van der Waals surface area contributed by atoms with Gasteiger partial charge in [-0.2, -0.15) is 11.8 Å². The zero-order chi connectivity index (χ0) is 14.7. The van der Waals surface area contributed by atoms with Crippen LogP contribution in [0.15, 0.2) is 18.3 Å². The molecule has 0 amide bonds. The summed E-state index contributed by atoms with van der Waals surface area (Å²) >= 11 is 2.09. The van der Waals surface area contributed by atoms with Gasteiger partial charge in [-0.1, -0.05) is 0 Å². The molecule has 0 unspecified atom stereocenters. The maximum atomic E-state index is 4.86. The second kappa shape index (κ2) is 6.79. The molecule has 0 bridgehead atoms. The van der Waals surface area contributed by atoms with E-state index < -0.39 is 0 Å². The number of hydrogen-bond acceptors (Lipinski definition) is 4. The Balaban J connectivity index is 1.86. The minimum Gasteiger partial charge on any atom is -0.311 e. The van der Waals surface area contributed by atoms with Crippen LogP contribution in [0.2, 0.25) is 0 Å². The number of likely N-dealkylation sites (N-methyl/N-ethyl adjacent to an activating group) is 1. The quantitative estimate of drug-likeness (QED) is 0.850. The van der Waals surface area contributed by atoms with Gasteiger partial charge in [0.25, 0.3) is 0 Å². The molecule has 114 valence electrons. The van der Waals surface area contributed by atoms with E-state index in [1.807, 2.05) is 12.3 Å². The Morgan fingerprint density at radius 3 is 2.90 bits per heavy atom. The van der Waals surface area contributed by atoms with Crippen LogP contribution in [-0.2, 0) is 13.0 Å². The maximum Gasteiger partial charge on any atom is 0.160 e. The van der Waals surface area contributed by atoms with Gasteiger partial charge in [0.15, 0.2) is 5.65 Å². The van der Waals surface area contributed by atoms with Gasteiger partial charge < -0.3 is 9.47 Å². The standard InChI is InChI=1S/C16H24N4S/c1-19(2)8-9-20-15(12-13-5-10-21-11-6-13)18-14-4-3-7-17-16(14)20/h3-4,7,13H,5-6,8-12H2,1-2H3. The molecule has 1 fully saturated rings. The van der Waals surface area contributed by atoms with Crippen molar-refractivity contribution in [3.63, 3.8) is 0 Å². The number of thioether (sulfide) groups is 1. The molecular formula is C16H24N4S. The average molecular weight is 304 g/mol. The fourth-order valence-corrected chi connectivity index (χ4v) is 4.11. The summed E-state index contributed by atoms with van der Waals surface area (Å²) in [5, 5.41) is 0. The Morgan fingerprint density at radius 1 is 1.33 bits per heavy atom. The Kier molecular flexibility index (Phi) is 4.80. The molecule has 1 aliphatic heterocycles. The minimum absolute atomic E-state index is 0.793. The monoisotopic (exact) mass is 304 g/mol. The number of aromatic nitrogens is 3. The highest BCUT2D eigenvalue weighted by atomic mass is 32.2. The van der Waals surface area contributed by atoms with Gasteiger partial charge in [0, 0.05) is 25.7 Å². The van der Waals surface area contributed by atoms with Crippen molar-refractivity contribution in [3.8, 4) is 0 Å². The molecule has 4 nitrogen and oxygen atoms in total. The molecule has 1 saturated heterocycles. The zero-order valence-electron chi connectivity index (χ0n) is 13.0. The largest absolute Gasteiger partial charge is 0.311 e. The van der Waals surface area contributed by atoms with Gasteiger partial charge >= 0.3 is 0 Å². The van der Waals surface area contributed by atoms with E-state index in [2.05, 4.69) is 46.4 Å². The van der Waals surface area contributed by atoms with Crippen LogP contribution in [0.4, 0.5) is 0 Å². The molecule has 2 aromatic heterocycles. The van der Waals surface area contributed by atoms with Crippen LogP contribution in [0.25, 0.3) is 11.2 Å². The summed E-state index contributed by atoms with van der Waals surface area (Å²) in [5.41, 5.74) is 2.08. The third-order valence-electron chi connectivity index (χ3n) is 4.17. The molecule has 0 aliphatic carbocycles. The maximum absolute atomic E-state index is 4.86. The fraction of sp³-hybridized carbons (Fsp3) is 0.625. The normalized spacial score (nSPS) is 16.9. The molecule has 0 saturated carbocycles. The van der Waals surface area contributed by atoms with Crippen LogP contribution in [-0.4, -0.2) is 51.6 Å². The lowest BCUT2D eigenvalue weighted by atomic mass is 9.98. The van der Waals surface area contributed by atoms with Crippen molar-refractivity contribution in [2.45, 2.75) is 25.8 Å². The molecule has 21 heavy (non-hydrogen) atoms. The minimum atomic E-state index is 0.793. The molecule has 5 heteroatoms. The van der Waals surface area contributed by atoms with E-state index >= 15 is 0 Å². The van der Waals surface area contributed by atoms with Crippen LogP contribution >= 0.6 is 11.8 Å². The first kappa shape index (κ1) is 14.9. The van der Waals surface area contributed by atoms with Crippen molar-refractivity contribution in [2.24, 2.45) is 5.92 Å². The molecular weight excluding hydrogens is 280 g/mol. The molecule has 0 atom stereocenters. The third kappa shape index (κ3) is 3.58. The van der Waals surface area contributed by atoms with Gasteiger partial charge in [0.05, 0.1) is 0 Å². The van der Waals surface area contributed by atoms with E-state index in [1.54, 1.807) is 0 Å². The predicted octanol–water partition coefficient (Wildman–Crippen LogP) is 2.68. The van der Waals surface area contributed by atoms with Crippen molar-refractivity contribution in [2.75, 3.05) is 32.1 Å². The Hall–Kier alpha value is -1.07. The summed E-state index contributed by atoms with van der Waals surface area (Å²) in [6, 6.07) is 4.06. The summed E-state index contributed by atoms with van der Waals surface area (Å²) < 4.78 is 2.33. The highest BCUT2D eigenvalue weighted by molar-refractivity contribution is 7.99. The van der Waals surface area contributed by atoms with E-state index in [0.29, 0.717) is 0 Å². The van der Waals surface area contributed by atoms with Gasteiger partial charge in [0.1, 0.15) is 11.3 Å². The Labute approximate surface area is 130 Å². The smallest absolute Gasteiger partial charge is 0.160 e. The third-order valence-corrected chi connectivity index (χ3v) is 5.21. The first-order valence-electron chi connectivity index (χ1n) is 7.76. The van der Waals surface area contributed by atoms with Gasteiger partial charge in [-0.3, -0.25) is 0 Å². The van der Waals surface area contributed by atoms with Crippen molar-refractivity contribution in [1.82, 2.24) is 19.4 Å². The van der Waals surface area contributed by atoms with Gasteiger partial charge in [-0.25, -0.2) is 9.97 Å². The highest BCUT2D eigenvalue weighted by Gasteiger charge is 2.19. The average Bonchev–Trinajstić information content (AvgIpc) is 2.83. The molecule has 0 aromatic carbocycles. The van der Waals surface area contributed by atoms with Crippen LogP contribution in [0.5, 0.6) is 0 Å². The number of nitrogens with zero attached hydrogens (tertiary/aromatic N) is 4. The number of hydrogen-bond donors (Lipinski definition) is 0. The lowest BCUT2D eigenvalue weighted by Gasteiger charge is -2.21. The number of fused-ring (bicyclic) bond motifs is 1. The SMILES string of the molecule is CN(C)CCn1c(CC2CCSCC2)nc2cccnc21. The number of rotatable bonds is 5. The van der Waals surface area contributed by atoms with Crippen molar-refractivity contribution in [1.29, 1.82) is 0 Å². The molecule has 2 aromatic rings. The molecule has 0 radical (unpaired) electrons. The van der Waals surface area contributed by atoms with Crippen LogP contribution in [0.1, 0.15) is 18.7 Å². The highest BCUT2D eigenvalue weighted by Crippen LogP contribution is 2.26. The molecule has 3 heterocycles. The van der Waals surface area contributed by atoms with E-state index in [0.717, 1.165) is 36.6 Å². The van der Waals surface area contributed by atoms with Crippen molar-refractivity contribution in [3.05, 3.63) is 24.2 Å². The fourth-order valence-electron chi connectivity index (χ4n) is 2.90. The first-order chi connectivity index (χ1) is 10.2. The summed E-state index contributed by atoms with van der Waals surface area (Å²) in [6.07, 6.45) is 5.63. The van der Waals surface area contributed by atoms with Crippen LogP contribution in [0, 0.1) is 5.92 Å². The van der Waals surface area contributed by atoms with Gasteiger partial charge in [0.2, 0.25) is 0 Å². The topological polar surface area (TPSA) is 34.0 Å².